The van der Waals surface area contributed by atoms with Crippen LogP contribution in [0.4, 0.5) is 5.69 Å². The van der Waals surface area contributed by atoms with Crippen LogP contribution in [0.2, 0.25) is 0 Å². The van der Waals surface area contributed by atoms with Crippen LogP contribution in [0.25, 0.3) is 22.3 Å². The summed E-state index contributed by atoms with van der Waals surface area (Å²) in [4.78, 5) is 56.2. The molecule has 13 nitrogen and oxygen atoms in total. The summed E-state index contributed by atoms with van der Waals surface area (Å²) in [7, 11) is 1.77. The fourth-order valence-electron chi connectivity index (χ4n) is 17.9. The predicted molar refractivity (Wildman–Crippen MR) is 302 cm³/mol. The molecule has 13 heteroatoms. The Kier molecular flexibility index (Phi) is 13.8. The van der Waals surface area contributed by atoms with E-state index in [0.717, 1.165) is 118 Å². The van der Waals surface area contributed by atoms with Crippen molar-refractivity contribution >= 4 is 35.1 Å². The van der Waals surface area contributed by atoms with Crippen LogP contribution in [0.1, 0.15) is 163 Å². The highest BCUT2D eigenvalue weighted by Crippen LogP contribution is 2.72. The molecule has 412 valence electrons. The van der Waals surface area contributed by atoms with Gasteiger partial charge in [-0.2, -0.15) is 0 Å². The Bertz CT molecular complexity index is 2780. The van der Waals surface area contributed by atoms with Crippen molar-refractivity contribution in [2.24, 2.45) is 34.5 Å². The van der Waals surface area contributed by atoms with E-state index in [9.17, 15) is 4.79 Å². The van der Waals surface area contributed by atoms with Gasteiger partial charge in [-0.3, -0.25) is 34.2 Å². The molecule has 10 aliphatic rings. The minimum Gasteiger partial charge on any atom is -0.467 e. The Balaban J connectivity index is 0.924. The molecule has 3 saturated carbocycles. The molecule has 0 radical (unpaired) electrons. The summed E-state index contributed by atoms with van der Waals surface area (Å²) < 4.78 is 11.6. The van der Waals surface area contributed by atoms with Crippen molar-refractivity contribution in [2.45, 2.75) is 159 Å². The van der Waals surface area contributed by atoms with Gasteiger partial charge in [-0.05, 0) is 171 Å². The van der Waals surface area contributed by atoms with Gasteiger partial charge < -0.3 is 25.0 Å². The lowest BCUT2D eigenvalue weighted by Gasteiger charge is -2.71. The van der Waals surface area contributed by atoms with E-state index in [0.29, 0.717) is 43.9 Å². The van der Waals surface area contributed by atoms with E-state index in [1.165, 1.54) is 73.6 Å². The van der Waals surface area contributed by atoms with Gasteiger partial charge in [0.05, 0.1) is 36.3 Å². The molecule has 13 rings (SSSR count). The maximum Gasteiger partial charge on any atom is 0.293 e. The fraction of sp³-hybridized carbons (Fsp3) is 0.656. The molecule has 1 aromatic heterocycles. The van der Waals surface area contributed by atoms with Gasteiger partial charge in [-0.1, -0.05) is 70.0 Å². The summed E-state index contributed by atoms with van der Waals surface area (Å²) in [6.07, 6.45) is 17.8. The summed E-state index contributed by atoms with van der Waals surface area (Å²) >= 11 is 0. The molecule has 5 unspecified atom stereocenters. The summed E-state index contributed by atoms with van der Waals surface area (Å²) in [5.41, 5.74) is 15.1. The smallest absolute Gasteiger partial charge is 0.293 e. The zero-order valence-electron chi connectivity index (χ0n) is 46.8. The Morgan fingerprint density at radius 1 is 0.935 bits per heavy atom. The predicted octanol–water partition coefficient (Wildman–Crippen LogP) is 9.10. The number of rotatable bonds is 14. The van der Waals surface area contributed by atoms with Crippen molar-refractivity contribution in [3.05, 3.63) is 82.7 Å². The zero-order valence-corrected chi connectivity index (χ0v) is 46.8. The Hall–Kier alpha value is -4.66. The second-order valence-electron chi connectivity index (χ2n) is 26.5. The highest BCUT2D eigenvalue weighted by molar-refractivity contribution is 6.01. The molecule has 2 aromatic carbocycles. The number of nitrogens with zero attached hydrogens (tertiary/aromatic N) is 5. The first-order chi connectivity index (χ1) is 37.4. The molecule has 6 aliphatic heterocycles. The number of methoxy groups -OCH3 is 1. The number of allylic oxidation sites excluding steroid dienone is 2. The number of carbonyl (C=O) groups is 3. The minimum absolute atomic E-state index is 0.0211. The van der Waals surface area contributed by atoms with Crippen LogP contribution in [0.3, 0.4) is 0 Å². The van der Waals surface area contributed by atoms with Crippen LogP contribution < -0.4 is 21.0 Å². The van der Waals surface area contributed by atoms with Crippen molar-refractivity contribution in [1.29, 1.82) is 0 Å². The number of hydrogen-bond acceptors (Lipinski definition) is 11. The number of hydrogen-bond donors (Lipinski definition) is 3. The van der Waals surface area contributed by atoms with Crippen molar-refractivity contribution in [1.82, 2.24) is 35.9 Å². The van der Waals surface area contributed by atoms with Crippen LogP contribution in [-0.4, -0.2) is 134 Å². The number of nitrogens with one attached hydrogen (secondary N) is 3. The lowest BCUT2D eigenvalue weighted by molar-refractivity contribution is -0.216. The first-order valence-electron chi connectivity index (χ1n) is 30.3. The number of hydrazine groups is 1. The number of piperazine rings is 1. The number of benzene rings is 2. The van der Waals surface area contributed by atoms with Crippen molar-refractivity contribution < 1.29 is 23.9 Å². The number of fused-ring (bicyclic) bond motifs is 8. The van der Waals surface area contributed by atoms with E-state index in [4.69, 9.17) is 14.5 Å². The summed E-state index contributed by atoms with van der Waals surface area (Å²) in [6, 6.07) is 18.5. The normalized spacial score (nSPS) is 32.4. The molecule has 10 atom stereocenters. The van der Waals surface area contributed by atoms with Crippen molar-refractivity contribution in [3.63, 3.8) is 0 Å². The van der Waals surface area contributed by atoms with Crippen molar-refractivity contribution in [2.75, 3.05) is 77.5 Å². The van der Waals surface area contributed by atoms with Gasteiger partial charge in [0.15, 0.2) is 0 Å². The van der Waals surface area contributed by atoms with E-state index in [-0.39, 0.29) is 64.0 Å². The summed E-state index contributed by atoms with van der Waals surface area (Å²) in [5.74, 6) is 1.51. The van der Waals surface area contributed by atoms with Gasteiger partial charge in [0.25, 0.3) is 12.4 Å². The number of anilines is 1. The first-order valence-corrected chi connectivity index (χ1v) is 30.3. The standard InChI is InChI=1S/C64H86N8O5/c1-6-47-48-18-17-42(30-49(48)51(33-62(3,4)38-77-39-73)55(47)50-31-46(69-27-23-65-24-28-69)35-66-57(50)40(2)76-5)41-13-9-14-43(29-41)53-52-34-63(19-11-20-63)56(52)54-44-32-64(37-70(36-44)45-15-10-16-45)21-12-25-71(64)59(54)60(74)68-58(53)61(75)72-26-8-7-22-67-72/h9,13-14,17-18,29-31,35,39-40,44-45,47,52-54,56,58-59,65,67H,6-8,10-12,15-16,19-28,32-34,36-38H2,1-5H3,(H,68,74)/t40-,44?,47?,52?,53-,54?,56?,58-,59-,64+/m0/s1. The monoisotopic (exact) mass is 1050 g/mol. The number of carbonyl (C=O) groups excluding carboxylic acids is 3. The molecular weight excluding hydrogens is 961 g/mol. The molecule has 77 heavy (non-hydrogen) atoms. The molecule has 6 saturated heterocycles. The lowest BCUT2D eigenvalue weighted by Crippen LogP contribution is -2.77. The van der Waals surface area contributed by atoms with Gasteiger partial charge in [-0.25, -0.2) is 5.43 Å². The van der Waals surface area contributed by atoms with E-state index in [2.05, 4.69) is 107 Å². The van der Waals surface area contributed by atoms with Gasteiger partial charge >= 0.3 is 0 Å². The Morgan fingerprint density at radius 3 is 2.49 bits per heavy atom. The molecule has 2 spiro atoms. The summed E-state index contributed by atoms with van der Waals surface area (Å²) in [6.45, 7) is 18.0. The number of pyridine rings is 1. The first kappa shape index (κ1) is 51.8. The van der Waals surface area contributed by atoms with Crippen LogP contribution >= 0.6 is 0 Å². The highest BCUT2D eigenvalue weighted by atomic mass is 16.5. The largest absolute Gasteiger partial charge is 0.467 e. The van der Waals surface area contributed by atoms with Gasteiger partial charge in [0.1, 0.15) is 6.04 Å². The molecule has 2 amide bonds. The highest BCUT2D eigenvalue weighted by Gasteiger charge is 2.70. The molecule has 4 aliphatic carbocycles. The third-order valence-electron chi connectivity index (χ3n) is 21.8. The topological polar surface area (TPSA) is 132 Å². The summed E-state index contributed by atoms with van der Waals surface area (Å²) in [5, 5.41) is 9.08. The average Bonchev–Trinajstić information content (AvgIpc) is 4.12. The van der Waals surface area contributed by atoms with Crippen LogP contribution in [-0.2, 0) is 23.9 Å². The average molecular weight is 1050 g/mol. The van der Waals surface area contributed by atoms with Gasteiger partial charge in [0.2, 0.25) is 5.91 Å². The number of aromatic nitrogens is 1. The van der Waals surface area contributed by atoms with Gasteiger partial charge in [-0.15, -0.1) is 0 Å². The minimum atomic E-state index is -0.673. The second kappa shape index (κ2) is 20.5. The molecule has 3 aromatic rings. The van der Waals surface area contributed by atoms with Crippen molar-refractivity contribution in [3.8, 4) is 11.1 Å². The SMILES string of the molecule is CCC1C(c2cc(N3CCNCC3)cnc2[C@H](C)OC)=C(CC(C)(C)COC=O)c2cc(-c3cccc([C@H]4C5CC6(CCC6)C5C5C6CN(C7CCC7)C[C@@]7(CCCN7[C@@H]5C(=O)N[C@@H]4C(=O)N4CCCCN4)C6)c3)ccc21. The van der Waals surface area contributed by atoms with E-state index in [1.54, 1.807) is 7.11 Å². The lowest BCUT2D eigenvalue weighted by atomic mass is 9.37. The molecule has 3 N–H and O–H groups in total. The quantitative estimate of drug-likeness (QED) is 0.134. The third-order valence-corrected chi connectivity index (χ3v) is 21.8. The maximum absolute atomic E-state index is 15.8. The number of likely N-dealkylation sites (tertiary alicyclic amines) is 1. The van der Waals surface area contributed by atoms with Crippen LogP contribution in [0.15, 0.2) is 54.7 Å². The molecule has 9 fully saturated rings. The molecule has 2 bridgehead atoms. The maximum atomic E-state index is 15.8. The number of amides is 2. The number of piperidine rings is 2. The van der Waals surface area contributed by atoms with Crippen LogP contribution in [0, 0.1) is 34.5 Å². The zero-order chi connectivity index (χ0) is 52.8. The van der Waals surface area contributed by atoms with E-state index in [1.807, 2.05) is 11.2 Å². The van der Waals surface area contributed by atoms with Gasteiger partial charge in [0, 0.05) is 93.9 Å². The van der Waals surface area contributed by atoms with E-state index >= 15 is 9.59 Å². The van der Waals surface area contributed by atoms with Crippen LogP contribution in [0.5, 0.6) is 0 Å². The second-order valence-corrected chi connectivity index (χ2v) is 26.5. The van der Waals surface area contributed by atoms with E-state index < -0.39 is 6.04 Å². The Labute approximate surface area is 458 Å². The Morgan fingerprint density at radius 2 is 1.77 bits per heavy atom. The fourth-order valence-corrected chi connectivity index (χ4v) is 17.9. The number of ether oxygens (including phenoxy) is 2. The molecule has 7 heterocycles. The molecular formula is C64H86N8O5. The third kappa shape index (κ3) is 8.81.